The fourth-order valence-corrected chi connectivity index (χ4v) is 5.64. The molecule has 14 rings (SSSR count). The van der Waals surface area contributed by atoms with E-state index >= 15 is 0 Å². The van der Waals surface area contributed by atoms with E-state index in [1.165, 1.54) is 53.5 Å². The molecule has 13 heterocycles. The van der Waals surface area contributed by atoms with E-state index in [0.29, 0.717) is 5.82 Å². The van der Waals surface area contributed by atoms with Crippen molar-refractivity contribution < 1.29 is 0 Å². The van der Waals surface area contributed by atoms with Crippen molar-refractivity contribution in [1.82, 2.24) is 126 Å². The second-order valence-electron chi connectivity index (χ2n) is 19.0. The van der Waals surface area contributed by atoms with Crippen molar-refractivity contribution >= 4 is 10.8 Å². The van der Waals surface area contributed by atoms with Gasteiger partial charge < -0.3 is 0 Å². The number of fused-ring (bicyclic) bond motifs is 1. The average molecular weight is 1270 g/mol. The van der Waals surface area contributed by atoms with Crippen LogP contribution in [-0.4, -0.2) is 126 Å². The molecule has 486 valence electrons. The Morgan fingerprint density at radius 3 is 1.11 bits per heavy atom. The Morgan fingerprint density at radius 1 is 0.200 bits per heavy atom. The largest absolute Gasteiger partial charge is 0.265 e. The molecular weight excluding hydrogens is 1190 g/mol. The number of hydrogen-bond acceptors (Lipinski definition) is 25. The van der Waals surface area contributed by atoms with Crippen LogP contribution in [-0.2, 0) is 0 Å². The van der Waals surface area contributed by atoms with Crippen molar-refractivity contribution in [2.45, 2.75) is 90.0 Å². The molecule has 25 nitrogen and oxygen atoms in total. The van der Waals surface area contributed by atoms with Gasteiger partial charge in [-0.05, 0) is 184 Å². The molecule has 0 saturated carbocycles. The van der Waals surface area contributed by atoms with E-state index in [2.05, 4.69) is 144 Å². The Morgan fingerprint density at radius 2 is 0.758 bits per heavy atom. The van der Waals surface area contributed by atoms with Gasteiger partial charge in [0, 0.05) is 128 Å². The van der Waals surface area contributed by atoms with Gasteiger partial charge in [0.05, 0.1) is 35.7 Å². The Balaban J connectivity index is 0.000000351. The van der Waals surface area contributed by atoms with Gasteiger partial charge in [-0.2, -0.15) is 30.6 Å². The zero-order valence-corrected chi connectivity index (χ0v) is 55.9. The van der Waals surface area contributed by atoms with Crippen LogP contribution in [0.2, 0.25) is 0 Å². The third kappa shape index (κ3) is 48.2. The minimum atomic E-state index is 0.711. The summed E-state index contributed by atoms with van der Waals surface area (Å²) in [5.41, 5.74) is 10.7. The summed E-state index contributed by atoms with van der Waals surface area (Å²) >= 11 is 0. The van der Waals surface area contributed by atoms with E-state index < -0.39 is 0 Å². The summed E-state index contributed by atoms with van der Waals surface area (Å²) in [6.45, 7) is 25.1. The van der Waals surface area contributed by atoms with Gasteiger partial charge in [0.2, 0.25) is 0 Å². The summed E-state index contributed by atoms with van der Waals surface area (Å²) in [4.78, 5) is 65.3. The van der Waals surface area contributed by atoms with Gasteiger partial charge in [0.1, 0.15) is 49.1 Å². The molecule has 0 unspecified atom stereocenters. The van der Waals surface area contributed by atoms with Crippen LogP contribution in [0.3, 0.4) is 0 Å². The second-order valence-corrected chi connectivity index (χ2v) is 19.0. The van der Waals surface area contributed by atoms with E-state index in [4.69, 9.17) is 0 Å². The molecule has 0 aliphatic rings. The highest BCUT2D eigenvalue weighted by Crippen LogP contribution is 2.12. The standard InChI is InChI=1S/C10H9N.3C6H7N.6C5H6N2.3C4H5N3/c1-8-6-9-4-2-3-5-10(9)7-11-8;1-6-2-4-7-5-3-6;1-6-3-2-4-7-5-6;1-6-4-2-3-5-7-6;1-5-2-6-4-7-3-5;1-5-4-6-2-3-7-5;1-5-2-3-6-4-7-5;1-5-2-3-6-7-4-5;1-5-6-3-2-4-7-5;1-5-3-2-4-6-7-5;1-4-6-2-5-3-7-4;1-4-2-6-7-3-5-4;1-4-5-2-3-6-7-4/h2-7H,1H3;3*2-5H,1H3;6*2-4H,1H3;3*2-3H,1H3. The number of rotatable bonds is 0. The molecule has 0 spiro atoms. The van der Waals surface area contributed by atoms with Crippen molar-refractivity contribution in [3.05, 3.63) is 333 Å². The molecule has 25 heteroatoms. The van der Waals surface area contributed by atoms with Crippen LogP contribution in [0, 0.1) is 90.0 Å². The van der Waals surface area contributed by atoms with Gasteiger partial charge in [-0.15, -0.1) is 10.2 Å². The van der Waals surface area contributed by atoms with E-state index in [-0.39, 0.29) is 0 Å². The van der Waals surface area contributed by atoms with Crippen LogP contribution in [0.15, 0.2) is 259 Å². The van der Waals surface area contributed by atoms with Gasteiger partial charge in [-0.25, -0.2) is 54.8 Å². The summed E-state index contributed by atoms with van der Waals surface area (Å²) < 4.78 is 0. The maximum absolute atomic E-state index is 4.21. The monoisotopic (exact) mass is 1270 g/mol. The highest BCUT2D eigenvalue weighted by molar-refractivity contribution is 5.81. The first-order valence-corrected chi connectivity index (χ1v) is 29.2. The highest BCUT2D eigenvalue weighted by Gasteiger charge is 1.91. The fraction of sp³-hybridized carbons (Fsp3) is 0.186. The molecular formula is C70H81N25. The molecule has 0 aliphatic carbocycles. The van der Waals surface area contributed by atoms with Gasteiger partial charge >= 0.3 is 0 Å². The normalized spacial score (nSPS) is 8.89. The molecule has 0 radical (unpaired) electrons. The lowest BCUT2D eigenvalue weighted by molar-refractivity contribution is 0.907. The van der Waals surface area contributed by atoms with Crippen LogP contribution in [0.5, 0.6) is 0 Å². The summed E-state index contributed by atoms with van der Waals surface area (Å²) in [5, 5.41) is 31.3. The maximum atomic E-state index is 4.21. The second kappa shape index (κ2) is 53.4. The third-order valence-electron chi connectivity index (χ3n) is 10.3. The molecule has 1 aromatic carbocycles. The molecule has 0 fully saturated rings. The van der Waals surface area contributed by atoms with Crippen LogP contribution < -0.4 is 0 Å². The Bertz CT molecular complexity index is 3140. The number of aryl methyl sites for hydroxylation is 13. The molecule has 0 amide bonds. The lowest BCUT2D eigenvalue weighted by Crippen LogP contribution is -1.85. The van der Waals surface area contributed by atoms with Gasteiger partial charge in [-0.3, -0.25) is 29.9 Å². The molecule has 95 heavy (non-hydrogen) atoms. The predicted molar refractivity (Wildman–Crippen MR) is 368 cm³/mol. The summed E-state index contributed by atoms with van der Waals surface area (Å²) in [6.07, 6.45) is 41.9. The SMILES string of the molecule is Cc1cc2ccccc2cn1.Cc1ccccn1.Cc1cccnc1.Cc1cccnn1.Cc1ccncc1.Cc1ccncn1.Cc1ccnnc1.Cc1cnccn1.Cc1cncnc1.Cc1cnncn1.Cc1ncccn1.Cc1nccnn1.Cc1ncncn1. The molecule has 13 aromatic heterocycles. The van der Waals surface area contributed by atoms with Crippen LogP contribution in [0.1, 0.15) is 73.9 Å². The molecule has 0 atom stereocenters. The number of aromatic nitrogens is 25. The van der Waals surface area contributed by atoms with E-state index in [1.54, 1.807) is 125 Å². The molecule has 0 N–H and O–H groups in total. The quantitative estimate of drug-likeness (QED) is 0.136. The molecule has 0 saturated heterocycles. The first-order valence-electron chi connectivity index (χ1n) is 29.2. The first kappa shape index (κ1) is 78.7. The minimum Gasteiger partial charge on any atom is -0.265 e. The predicted octanol–water partition coefficient (Wildman–Crippen LogP) is 12.0. The smallest absolute Gasteiger partial charge is 0.147 e. The average Bonchev–Trinajstić information content (AvgIpc) is 1.10. The number of nitrogens with zero attached hydrogens (tertiary/aromatic N) is 25. The number of pyridine rings is 4. The zero-order valence-electron chi connectivity index (χ0n) is 55.9. The Hall–Kier alpha value is -12.4. The topological polar surface area (TPSA) is 322 Å². The van der Waals surface area contributed by atoms with Crippen LogP contribution in [0.4, 0.5) is 0 Å². The molecule has 14 aromatic rings. The maximum Gasteiger partial charge on any atom is 0.147 e. The minimum absolute atomic E-state index is 0.711. The van der Waals surface area contributed by atoms with E-state index in [0.717, 1.165) is 56.9 Å². The summed E-state index contributed by atoms with van der Waals surface area (Å²) in [7, 11) is 0. The number of hydrogen-bond donors (Lipinski definition) is 0. The molecule has 0 aliphatic heterocycles. The van der Waals surface area contributed by atoms with Crippen molar-refractivity contribution in [2.75, 3.05) is 0 Å². The van der Waals surface area contributed by atoms with E-state index in [1.807, 2.05) is 174 Å². The zero-order chi connectivity index (χ0) is 69.0. The summed E-state index contributed by atoms with van der Waals surface area (Å²) in [5.74, 6) is 2.29. The summed E-state index contributed by atoms with van der Waals surface area (Å²) in [6, 6.07) is 33.4. The van der Waals surface area contributed by atoms with E-state index in [9.17, 15) is 0 Å². The first-order chi connectivity index (χ1) is 46.1. The van der Waals surface area contributed by atoms with Gasteiger partial charge in [-0.1, -0.05) is 36.4 Å². The highest BCUT2D eigenvalue weighted by atomic mass is 15.1. The Labute approximate surface area is 556 Å². The molecule has 0 bridgehead atoms. The lowest BCUT2D eigenvalue weighted by Gasteiger charge is -1.96. The van der Waals surface area contributed by atoms with Crippen LogP contribution >= 0.6 is 0 Å². The Kier molecular flexibility index (Phi) is 44.3. The van der Waals surface area contributed by atoms with Crippen molar-refractivity contribution in [3.63, 3.8) is 0 Å². The van der Waals surface area contributed by atoms with Crippen molar-refractivity contribution in [2.24, 2.45) is 0 Å². The van der Waals surface area contributed by atoms with Crippen LogP contribution in [0.25, 0.3) is 10.8 Å². The fourth-order valence-electron chi connectivity index (χ4n) is 5.64. The number of benzene rings is 1. The van der Waals surface area contributed by atoms with Crippen molar-refractivity contribution in [1.29, 1.82) is 0 Å². The third-order valence-corrected chi connectivity index (χ3v) is 10.3. The van der Waals surface area contributed by atoms with Gasteiger partial charge in [0.15, 0.2) is 0 Å². The van der Waals surface area contributed by atoms with Gasteiger partial charge in [0.25, 0.3) is 0 Å². The lowest BCUT2D eigenvalue weighted by atomic mass is 10.1. The van der Waals surface area contributed by atoms with Crippen molar-refractivity contribution in [3.8, 4) is 0 Å².